The van der Waals surface area contributed by atoms with Gasteiger partial charge in [-0.3, -0.25) is 4.99 Å². The molecule has 0 saturated heterocycles. The van der Waals surface area contributed by atoms with E-state index in [2.05, 4.69) is 10.7 Å². The van der Waals surface area contributed by atoms with Gasteiger partial charge in [0.15, 0.2) is 0 Å². The predicted molar refractivity (Wildman–Crippen MR) is 69.5 cm³/mol. The lowest BCUT2D eigenvalue weighted by Gasteiger charge is -2.41. The van der Waals surface area contributed by atoms with Crippen molar-refractivity contribution in [1.82, 2.24) is 0 Å². The topological polar surface area (TPSA) is 38.4 Å². The monoisotopic (exact) mass is 478 g/mol. The second kappa shape index (κ2) is 7.10. The summed E-state index contributed by atoms with van der Waals surface area (Å²) in [6.07, 6.45) is -7.83. The van der Waals surface area contributed by atoms with Crippen LogP contribution in [0.4, 0.5) is 65.9 Å². The third-order valence-electron chi connectivity index (χ3n) is 3.92. The minimum absolute atomic E-state index is 0.0476. The van der Waals surface area contributed by atoms with Crippen molar-refractivity contribution in [1.29, 1.82) is 0 Å². The van der Waals surface area contributed by atoms with Gasteiger partial charge in [0.2, 0.25) is 0 Å². The Morgan fingerprint density at radius 1 is 0.667 bits per heavy atom. The molecule has 176 valence electrons. The number of hydrogen-bond donors (Lipinski definition) is 1. The van der Waals surface area contributed by atoms with E-state index in [1.807, 2.05) is 0 Å². The summed E-state index contributed by atoms with van der Waals surface area (Å²) in [6, 6.07) is 0. The number of nitrogens with zero attached hydrogens (tertiary/aromatic N) is 1. The highest BCUT2D eigenvalue weighted by atomic mass is 19.4. The maximum Gasteiger partial charge on any atom is 0.460 e. The van der Waals surface area contributed by atoms with Gasteiger partial charge in [0, 0.05) is 12.3 Å². The van der Waals surface area contributed by atoms with Gasteiger partial charge in [-0.15, -0.1) is 0 Å². The smallest absolute Gasteiger partial charge is 0.397 e. The molecule has 2 N–H and O–H groups in total. The maximum atomic E-state index is 13.7. The highest BCUT2D eigenvalue weighted by Crippen LogP contribution is 2.62. The van der Waals surface area contributed by atoms with Gasteiger partial charge in [-0.25, -0.2) is 0 Å². The van der Waals surface area contributed by atoms with E-state index in [1.54, 1.807) is 0 Å². The van der Waals surface area contributed by atoms with E-state index in [9.17, 15) is 65.9 Å². The number of halogens is 15. The Balaban J connectivity index is 3.54. The van der Waals surface area contributed by atoms with Crippen molar-refractivity contribution in [2.24, 2.45) is 10.7 Å². The van der Waals surface area contributed by atoms with E-state index in [0.29, 0.717) is 0 Å². The van der Waals surface area contributed by atoms with Crippen LogP contribution in [-0.4, -0.2) is 54.0 Å². The molecule has 0 aliphatic carbocycles. The zero-order valence-electron chi connectivity index (χ0n) is 13.9. The van der Waals surface area contributed by atoms with E-state index in [-0.39, 0.29) is 25.5 Å². The summed E-state index contributed by atoms with van der Waals surface area (Å²) in [4.78, 5) is 3.38. The van der Waals surface area contributed by atoms with Gasteiger partial charge in [0.25, 0.3) is 0 Å². The van der Waals surface area contributed by atoms with Gasteiger partial charge in [0.1, 0.15) is 0 Å². The largest absolute Gasteiger partial charge is 0.460 e. The highest BCUT2D eigenvalue weighted by Gasteiger charge is 2.93. The Hall–Kier alpha value is -1.84. The third kappa shape index (κ3) is 3.46. The fourth-order valence-corrected chi connectivity index (χ4v) is 2.10. The molecule has 0 spiro atoms. The van der Waals surface area contributed by atoms with Gasteiger partial charge in [-0.1, -0.05) is 0 Å². The first-order valence-corrected chi connectivity index (χ1v) is 7.34. The number of nitrogens with two attached hydrogens (primary N) is 1. The van der Waals surface area contributed by atoms with Crippen molar-refractivity contribution in [2.75, 3.05) is 6.54 Å². The molecule has 0 atom stereocenters. The molecule has 0 fully saturated rings. The van der Waals surface area contributed by atoms with E-state index in [1.165, 1.54) is 0 Å². The van der Waals surface area contributed by atoms with Crippen LogP contribution < -0.4 is 5.73 Å². The summed E-state index contributed by atoms with van der Waals surface area (Å²) >= 11 is 0. The molecular formula is C13H9F15N2. The predicted octanol–water partition coefficient (Wildman–Crippen LogP) is 5.44. The summed E-state index contributed by atoms with van der Waals surface area (Å²) in [7, 11) is 0. The second-order valence-electron chi connectivity index (χ2n) is 6.02. The summed E-state index contributed by atoms with van der Waals surface area (Å²) in [5, 5.41) is 0. The normalized spacial score (nSPS) is 18.6. The molecule has 0 saturated carbocycles. The van der Waals surface area contributed by atoms with E-state index in [0.717, 1.165) is 0 Å². The molecule has 0 aromatic rings. The van der Waals surface area contributed by atoms with Crippen LogP contribution in [0.5, 0.6) is 0 Å². The van der Waals surface area contributed by atoms with Crippen LogP contribution in [0.25, 0.3) is 0 Å². The van der Waals surface area contributed by atoms with Crippen molar-refractivity contribution >= 4 is 5.71 Å². The van der Waals surface area contributed by atoms with Crippen LogP contribution in [-0.2, 0) is 0 Å². The van der Waals surface area contributed by atoms with E-state index >= 15 is 0 Å². The Morgan fingerprint density at radius 3 is 1.43 bits per heavy atom. The lowest BCUT2D eigenvalue weighted by Crippen LogP contribution is -2.73. The Labute approximate surface area is 156 Å². The van der Waals surface area contributed by atoms with Gasteiger partial charge in [-0.05, 0) is 18.9 Å². The summed E-state index contributed by atoms with van der Waals surface area (Å²) in [6.45, 7) is -0.0476. The fraction of sp³-hybridized carbons (Fsp3) is 0.769. The molecule has 0 bridgehead atoms. The summed E-state index contributed by atoms with van der Waals surface area (Å²) in [5.41, 5.74) is 1.40. The van der Waals surface area contributed by atoms with Crippen LogP contribution in [0.1, 0.15) is 12.8 Å². The van der Waals surface area contributed by atoms with E-state index < -0.39 is 53.1 Å². The lowest BCUT2D eigenvalue weighted by atomic mass is 9.90. The fourth-order valence-electron chi connectivity index (χ4n) is 2.10. The molecule has 17 heteroatoms. The first-order chi connectivity index (χ1) is 13.0. The molecule has 1 aliphatic rings. The minimum atomic E-state index is -8.32. The number of alkyl halides is 15. The van der Waals surface area contributed by atoms with Crippen molar-refractivity contribution < 1.29 is 65.9 Å². The van der Waals surface area contributed by atoms with Crippen molar-refractivity contribution in [3.63, 3.8) is 0 Å². The van der Waals surface area contributed by atoms with Gasteiger partial charge in [0.05, 0.1) is 5.70 Å². The average Bonchev–Trinajstić information content (AvgIpc) is 3.05. The molecule has 0 radical (unpaired) electrons. The molecule has 0 unspecified atom stereocenters. The molecular weight excluding hydrogens is 469 g/mol. The van der Waals surface area contributed by atoms with Crippen LogP contribution in [0.2, 0.25) is 0 Å². The number of rotatable bonds is 7. The van der Waals surface area contributed by atoms with Crippen molar-refractivity contribution in [3.05, 3.63) is 11.8 Å². The van der Waals surface area contributed by atoms with Gasteiger partial charge >= 0.3 is 41.7 Å². The first-order valence-electron chi connectivity index (χ1n) is 7.34. The molecule has 1 heterocycles. The standard InChI is InChI=1S/C13H9F15N2/c14-7(15,6(29)4-5-2-1-3-30-5)8(16,17)9(18,19)10(20,21)11(22,23)12(24,25)13(26,27)28/h4H,1-3,29H2/b6-4-. The number of hydrogen-bond acceptors (Lipinski definition) is 2. The van der Waals surface area contributed by atoms with Gasteiger partial charge in [-0.2, -0.15) is 65.9 Å². The molecule has 2 nitrogen and oxygen atoms in total. The molecule has 1 aliphatic heterocycles. The van der Waals surface area contributed by atoms with Crippen LogP contribution in [0.3, 0.4) is 0 Å². The maximum absolute atomic E-state index is 13.7. The second-order valence-corrected chi connectivity index (χ2v) is 6.02. The molecule has 0 aromatic carbocycles. The zero-order valence-corrected chi connectivity index (χ0v) is 13.9. The highest BCUT2D eigenvalue weighted by molar-refractivity contribution is 5.96. The van der Waals surface area contributed by atoms with Gasteiger partial charge < -0.3 is 5.73 Å². The number of allylic oxidation sites excluding steroid dienone is 2. The molecule has 1 rings (SSSR count). The Bertz CT molecular complexity index is 717. The average molecular weight is 478 g/mol. The molecule has 0 amide bonds. The van der Waals surface area contributed by atoms with Crippen LogP contribution >= 0.6 is 0 Å². The molecule has 30 heavy (non-hydrogen) atoms. The van der Waals surface area contributed by atoms with Crippen molar-refractivity contribution in [3.8, 4) is 0 Å². The van der Waals surface area contributed by atoms with E-state index in [4.69, 9.17) is 0 Å². The Morgan fingerprint density at radius 2 is 1.07 bits per heavy atom. The SMILES string of the molecule is N/C(=C\C1=NCCC1)C(F)(F)C(F)(F)C(F)(F)C(F)(F)C(F)(F)C(F)(F)C(F)(F)F. The molecule has 0 aromatic heterocycles. The Kier molecular flexibility index (Phi) is 6.20. The van der Waals surface area contributed by atoms with Crippen LogP contribution in [0, 0.1) is 0 Å². The number of aliphatic imine (C=N–C) groups is 1. The van der Waals surface area contributed by atoms with Crippen molar-refractivity contribution in [2.45, 2.75) is 54.6 Å². The minimum Gasteiger partial charge on any atom is -0.397 e. The summed E-state index contributed by atoms with van der Waals surface area (Å²) in [5.74, 6) is -47.0. The lowest BCUT2D eigenvalue weighted by molar-refractivity contribution is -0.450. The summed E-state index contributed by atoms with van der Waals surface area (Å²) < 4.78 is 196. The third-order valence-corrected chi connectivity index (χ3v) is 3.92. The quantitative estimate of drug-likeness (QED) is 0.487. The zero-order chi connectivity index (χ0) is 24.2. The first kappa shape index (κ1) is 26.2. The van der Waals surface area contributed by atoms with Crippen LogP contribution in [0.15, 0.2) is 16.8 Å².